The summed E-state index contributed by atoms with van der Waals surface area (Å²) in [7, 11) is 0. The van der Waals surface area contributed by atoms with Gasteiger partial charge < -0.3 is 11.5 Å². The smallest absolute Gasteiger partial charge is 0.261 e. The minimum atomic E-state index is -0.293. The molecule has 8 nitrogen and oxygen atoms in total. The molecule has 2 aromatic rings. The summed E-state index contributed by atoms with van der Waals surface area (Å²) in [6, 6.07) is 9.52. The van der Waals surface area contributed by atoms with Gasteiger partial charge in [0.25, 0.3) is 23.6 Å². The van der Waals surface area contributed by atoms with Crippen molar-refractivity contribution in [3.05, 3.63) is 58.7 Å². The molecule has 0 spiro atoms. The van der Waals surface area contributed by atoms with E-state index in [0.29, 0.717) is 59.6 Å². The van der Waals surface area contributed by atoms with E-state index in [0.717, 1.165) is 19.3 Å². The topological polar surface area (TPSA) is 127 Å². The zero-order chi connectivity index (χ0) is 22.1. The van der Waals surface area contributed by atoms with Crippen molar-refractivity contribution in [2.75, 3.05) is 24.6 Å². The van der Waals surface area contributed by atoms with Gasteiger partial charge >= 0.3 is 0 Å². The quantitative estimate of drug-likeness (QED) is 0.384. The summed E-state index contributed by atoms with van der Waals surface area (Å²) in [4.78, 5) is 52.2. The highest BCUT2D eigenvalue weighted by Crippen LogP contribution is 2.26. The lowest BCUT2D eigenvalue weighted by Crippen LogP contribution is -2.31. The van der Waals surface area contributed by atoms with Crippen LogP contribution < -0.4 is 11.5 Å². The second-order valence-corrected chi connectivity index (χ2v) is 7.90. The van der Waals surface area contributed by atoms with Crippen molar-refractivity contribution < 1.29 is 19.2 Å². The van der Waals surface area contributed by atoms with Crippen LogP contribution in [-0.4, -0.2) is 46.5 Å². The Labute approximate surface area is 179 Å². The van der Waals surface area contributed by atoms with Gasteiger partial charge in [0.1, 0.15) is 0 Å². The predicted molar refractivity (Wildman–Crippen MR) is 116 cm³/mol. The summed E-state index contributed by atoms with van der Waals surface area (Å²) in [6.45, 7) is 0.734. The third kappa shape index (κ3) is 3.76. The van der Waals surface area contributed by atoms with E-state index < -0.39 is 0 Å². The molecule has 4 N–H and O–H groups in total. The van der Waals surface area contributed by atoms with Crippen LogP contribution in [0.25, 0.3) is 0 Å². The van der Waals surface area contributed by atoms with Gasteiger partial charge in [-0.25, -0.2) is 0 Å². The van der Waals surface area contributed by atoms with Crippen LogP contribution in [0, 0.1) is 0 Å². The summed E-state index contributed by atoms with van der Waals surface area (Å²) >= 11 is 0. The van der Waals surface area contributed by atoms with Crippen molar-refractivity contribution >= 4 is 35.0 Å². The Hall–Kier alpha value is -3.68. The molecule has 4 rings (SSSR count). The fraction of sp³-hybridized carbons (Fsp3) is 0.304. The highest BCUT2D eigenvalue weighted by Gasteiger charge is 2.36. The van der Waals surface area contributed by atoms with Crippen molar-refractivity contribution in [1.29, 1.82) is 0 Å². The first-order valence-corrected chi connectivity index (χ1v) is 10.4. The Bertz CT molecular complexity index is 1010. The fourth-order valence-electron chi connectivity index (χ4n) is 4.09. The first-order valence-electron chi connectivity index (χ1n) is 10.4. The monoisotopic (exact) mass is 420 g/mol. The summed E-state index contributed by atoms with van der Waals surface area (Å²) in [5.74, 6) is -1.13. The number of hydrogen-bond donors (Lipinski definition) is 2. The maximum absolute atomic E-state index is 12.4. The predicted octanol–water partition coefficient (Wildman–Crippen LogP) is 2.69. The van der Waals surface area contributed by atoms with Crippen LogP contribution in [0.2, 0.25) is 0 Å². The summed E-state index contributed by atoms with van der Waals surface area (Å²) in [5, 5.41) is 0. The molecule has 0 bridgehead atoms. The molecule has 2 heterocycles. The Balaban J connectivity index is 1.18. The minimum Gasteiger partial charge on any atom is -0.399 e. The van der Waals surface area contributed by atoms with Crippen LogP contribution in [0.4, 0.5) is 11.4 Å². The second kappa shape index (κ2) is 8.22. The standard InChI is InChI=1S/C23H24N4O4/c24-14-6-8-16-18(12-14)22(30)26(20(16)28)10-4-2-1-3-5-11-27-21(29)17-9-7-15(25)13-19(17)23(27)31/h6-9,12-13H,1-5,10-11,24-25H2. The maximum Gasteiger partial charge on any atom is 0.261 e. The average molecular weight is 420 g/mol. The number of benzene rings is 2. The Morgan fingerprint density at radius 1 is 0.516 bits per heavy atom. The van der Waals surface area contributed by atoms with Crippen LogP contribution in [0.15, 0.2) is 36.4 Å². The molecule has 2 aliphatic rings. The molecule has 0 aromatic heterocycles. The van der Waals surface area contributed by atoms with Crippen LogP contribution in [0.3, 0.4) is 0 Å². The molecule has 4 amide bonds. The summed E-state index contributed by atoms with van der Waals surface area (Å²) < 4.78 is 0. The molecule has 0 fully saturated rings. The van der Waals surface area contributed by atoms with Crippen LogP contribution >= 0.6 is 0 Å². The van der Waals surface area contributed by atoms with E-state index in [1.807, 2.05) is 0 Å². The van der Waals surface area contributed by atoms with Crippen molar-refractivity contribution in [2.24, 2.45) is 0 Å². The molecular weight excluding hydrogens is 396 g/mol. The molecule has 0 aliphatic carbocycles. The molecule has 0 saturated heterocycles. The number of amides is 4. The number of nitrogen functional groups attached to an aromatic ring is 2. The summed E-state index contributed by atoms with van der Waals surface area (Å²) in [6.07, 6.45) is 3.97. The third-order valence-corrected chi connectivity index (χ3v) is 5.75. The number of nitrogens with zero attached hydrogens (tertiary/aromatic N) is 2. The van der Waals surface area contributed by atoms with Gasteiger partial charge in [-0.15, -0.1) is 0 Å². The molecule has 0 unspecified atom stereocenters. The van der Waals surface area contributed by atoms with E-state index >= 15 is 0 Å². The van der Waals surface area contributed by atoms with E-state index in [9.17, 15) is 19.2 Å². The number of anilines is 2. The molecule has 0 atom stereocenters. The van der Waals surface area contributed by atoms with E-state index in [4.69, 9.17) is 11.5 Å². The van der Waals surface area contributed by atoms with Gasteiger partial charge in [-0.1, -0.05) is 19.3 Å². The highest BCUT2D eigenvalue weighted by molar-refractivity contribution is 6.22. The fourth-order valence-corrected chi connectivity index (χ4v) is 4.09. The van der Waals surface area contributed by atoms with E-state index in [1.54, 1.807) is 36.4 Å². The number of carbonyl (C=O) groups excluding carboxylic acids is 4. The first-order chi connectivity index (χ1) is 14.9. The molecule has 31 heavy (non-hydrogen) atoms. The number of unbranched alkanes of at least 4 members (excludes halogenated alkanes) is 4. The van der Waals surface area contributed by atoms with E-state index in [1.165, 1.54) is 9.80 Å². The van der Waals surface area contributed by atoms with Crippen molar-refractivity contribution in [1.82, 2.24) is 9.80 Å². The maximum atomic E-state index is 12.4. The first kappa shape index (κ1) is 20.6. The van der Waals surface area contributed by atoms with Gasteiger partial charge in [0, 0.05) is 24.5 Å². The van der Waals surface area contributed by atoms with Gasteiger partial charge in [0.2, 0.25) is 0 Å². The minimum absolute atomic E-state index is 0.272. The van der Waals surface area contributed by atoms with Gasteiger partial charge in [0.05, 0.1) is 22.3 Å². The molecule has 0 radical (unpaired) electrons. The molecule has 2 aliphatic heterocycles. The Kier molecular flexibility index (Phi) is 5.46. The highest BCUT2D eigenvalue weighted by atomic mass is 16.2. The lowest BCUT2D eigenvalue weighted by atomic mass is 10.1. The normalized spacial score (nSPS) is 15.1. The average Bonchev–Trinajstić information content (AvgIpc) is 3.12. The number of nitrogens with two attached hydrogens (primary N) is 2. The lowest BCUT2D eigenvalue weighted by molar-refractivity contribution is 0.0639. The number of carbonyl (C=O) groups is 4. The van der Waals surface area contributed by atoms with Crippen molar-refractivity contribution in [3.63, 3.8) is 0 Å². The van der Waals surface area contributed by atoms with Gasteiger partial charge in [-0.3, -0.25) is 29.0 Å². The zero-order valence-corrected chi connectivity index (χ0v) is 17.1. The van der Waals surface area contributed by atoms with E-state index in [2.05, 4.69) is 0 Å². The van der Waals surface area contributed by atoms with E-state index in [-0.39, 0.29) is 23.6 Å². The molecule has 0 saturated carbocycles. The molecule has 8 heteroatoms. The van der Waals surface area contributed by atoms with Crippen LogP contribution in [0.5, 0.6) is 0 Å². The number of imide groups is 2. The molecule has 2 aromatic carbocycles. The Morgan fingerprint density at radius 2 is 0.871 bits per heavy atom. The van der Waals surface area contributed by atoms with Crippen LogP contribution in [-0.2, 0) is 0 Å². The third-order valence-electron chi connectivity index (χ3n) is 5.75. The van der Waals surface area contributed by atoms with Crippen molar-refractivity contribution in [3.8, 4) is 0 Å². The number of hydrogen-bond acceptors (Lipinski definition) is 6. The zero-order valence-electron chi connectivity index (χ0n) is 17.1. The SMILES string of the molecule is Nc1ccc2c(c1)C(=O)N(CCCCCCCN1C(=O)c3ccc(N)cc3C1=O)C2=O. The van der Waals surface area contributed by atoms with Gasteiger partial charge in [-0.05, 0) is 49.2 Å². The second-order valence-electron chi connectivity index (χ2n) is 7.90. The number of fused-ring (bicyclic) bond motifs is 2. The molecule has 160 valence electrons. The van der Waals surface area contributed by atoms with Gasteiger partial charge in [-0.2, -0.15) is 0 Å². The molecular formula is C23H24N4O4. The Morgan fingerprint density at radius 3 is 1.29 bits per heavy atom. The summed E-state index contributed by atoms with van der Waals surface area (Å²) in [5.41, 5.74) is 13.9. The van der Waals surface area contributed by atoms with Gasteiger partial charge in [0.15, 0.2) is 0 Å². The lowest BCUT2D eigenvalue weighted by Gasteiger charge is -2.14. The van der Waals surface area contributed by atoms with Crippen LogP contribution in [0.1, 0.15) is 73.5 Å². The van der Waals surface area contributed by atoms with Crippen molar-refractivity contribution in [2.45, 2.75) is 32.1 Å². The number of rotatable bonds is 8. The largest absolute Gasteiger partial charge is 0.399 e.